The minimum Gasteiger partial charge on any atom is -0.491 e. The fourth-order valence-corrected chi connectivity index (χ4v) is 2.19. The summed E-state index contributed by atoms with van der Waals surface area (Å²) < 4.78 is 10.8. The average molecular weight is 286 g/mol. The van der Waals surface area contributed by atoms with Gasteiger partial charge in [0.25, 0.3) is 0 Å². The van der Waals surface area contributed by atoms with Crippen LogP contribution in [0, 0.1) is 0 Å². The van der Waals surface area contributed by atoms with Gasteiger partial charge in [-0.05, 0) is 31.0 Å². The molecule has 1 aliphatic rings. The minimum atomic E-state index is -0.526. The van der Waals surface area contributed by atoms with E-state index in [1.54, 1.807) is 12.1 Å². The molecule has 1 saturated heterocycles. The molecule has 1 atom stereocenters. The summed E-state index contributed by atoms with van der Waals surface area (Å²) in [5, 5.41) is 13.8. The lowest BCUT2D eigenvalue weighted by atomic mass is 10.1. The van der Waals surface area contributed by atoms with Crippen molar-refractivity contribution in [2.75, 3.05) is 26.4 Å². The molecule has 0 spiro atoms. The van der Waals surface area contributed by atoms with Crippen LogP contribution < -0.4 is 10.1 Å². The van der Waals surface area contributed by atoms with E-state index in [1.807, 2.05) is 12.1 Å². The highest BCUT2D eigenvalue weighted by molar-refractivity contribution is 6.30. The summed E-state index contributed by atoms with van der Waals surface area (Å²) in [4.78, 5) is 0. The van der Waals surface area contributed by atoms with Crippen molar-refractivity contribution in [1.82, 2.24) is 5.32 Å². The zero-order valence-electron chi connectivity index (χ0n) is 10.8. The van der Waals surface area contributed by atoms with Gasteiger partial charge in [0.15, 0.2) is 0 Å². The molecule has 0 amide bonds. The fourth-order valence-electron chi connectivity index (χ4n) is 2.01. The highest BCUT2D eigenvalue weighted by Crippen LogP contribution is 2.17. The van der Waals surface area contributed by atoms with Crippen molar-refractivity contribution < 1.29 is 14.6 Å². The van der Waals surface area contributed by atoms with Gasteiger partial charge in [0, 0.05) is 30.8 Å². The third-order valence-corrected chi connectivity index (χ3v) is 3.34. The monoisotopic (exact) mass is 285 g/mol. The maximum absolute atomic E-state index is 9.86. The number of ether oxygens (including phenoxy) is 2. The number of benzene rings is 1. The Balaban J connectivity index is 1.65. The zero-order chi connectivity index (χ0) is 13.5. The van der Waals surface area contributed by atoms with Gasteiger partial charge in [-0.2, -0.15) is 0 Å². The van der Waals surface area contributed by atoms with Gasteiger partial charge in [0.1, 0.15) is 18.5 Å². The Morgan fingerprint density at radius 3 is 2.95 bits per heavy atom. The molecule has 0 aliphatic carbocycles. The van der Waals surface area contributed by atoms with Crippen LogP contribution >= 0.6 is 11.6 Å². The maximum atomic E-state index is 9.86. The van der Waals surface area contributed by atoms with Crippen LogP contribution in [0.15, 0.2) is 24.3 Å². The van der Waals surface area contributed by atoms with E-state index in [-0.39, 0.29) is 6.61 Å². The Morgan fingerprint density at radius 2 is 2.21 bits per heavy atom. The summed E-state index contributed by atoms with van der Waals surface area (Å²) in [7, 11) is 0. The number of hydrogen-bond donors (Lipinski definition) is 2. The normalized spacial score (nSPS) is 18.2. The highest BCUT2D eigenvalue weighted by atomic mass is 35.5. The predicted molar refractivity (Wildman–Crippen MR) is 74.8 cm³/mol. The van der Waals surface area contributed by atoms with Crippen LogP contribution in [0.3, 0.4) is 0 Å². The number of halogens is 1. The van der Waals surface area contributed by atoms with Crippen LogP contribution in [0.4, 0.5) is 0 Å². The largest absolute Gasteiger partial charge is 0.491 e. The van der Waals surface area contributed by atoms with Gasteiger partial charge in [-0.3, -0.25) is 0 Å². The Bertz CT molecular complexity index is 383. The zero-order valence-corrected chi connectivity index (χ0v) is 11.6. The summed E-state index contributed by atoms with van der Waals surface area (Å²) in [5.41, 5.74) is 0. The first-order chi connectivity index (χ1) is 9.24. The molecule has 1 aliphatic heterocycles. The minimum absolute atomic E-state index is 0.260. The molecule has 5 heteroatoms. The summed E-state index contributed by atoms with van der Waals surface area (Å²) in [6.07, 6.45) is 1.48. The molecule has 1 heterocycles. The molecule has 106 valence electrons. The molecule has 2 N–H and O–H groups in total. The number of aliphatic hydroxyl groups excluding tert-OH is 1. The Hall–Kier alpha value is -0.810. The van der Waals surface area contributed by atoms with Gasteiger partial charge in [0.2, 0.25) is 0 Å². The van der Waals surface area contributed by atoms with Gasteiger partial charge in [-0.15, -0.1) is 0 Å². The Morgan fingerprint density at radius 1 is 1.42 bits per heavy atom. The lowest BCUT2D eigenvalue weighted by Crippen LogP contribution is -2.40. The van der Waals surface area contributed by atoms with Crippen molar-refractivity contribution >= 4 is 11.6 Å². The third kappa shape index (κ3) is 5.37. The number of rotatable bonds is 6. The SMILES string of the molecule is OC(CNC1CCOCC1)COc1cccc(Cl)c1. The van der Waals surface area contributed by atoms with Crippen LogP contribution in [-0.4, -0.2) is 43.6 Å². The highest BCUT2D eigenvalue weighted by Gasteiger charge is 2.14. The molecule has 4 nitrogen and oxygen atoms in total. The van der Waals surface area contributed by atoms with Crippen LogP contribution in [0.5, 0.6) is 5.75 Å². The van der Waals surface area contributed by atoms with E-state index in [2.05, 4.69) is 5.32 Å². The van der Waals surface area contributed by atoms with Crippen molar-refractivity contribution in [1.29, 1.82) is 0 Å². The first-order valence-corrected chi connectivity index (χ1v) is 6.99. The van der Waals surface area contributed by atoms with Gasteiger partial charge in [-0.1, -0.05) is 17.7 Å². The smallest absolute Gasteiger partial charge is 0.120 e. The number of nitrogens with one attached hydrogen (secondary N) is 1. The molecule has 19 heavy (non-hydrogen) atoms. The standard InChI is InChI=1S/C14H20ClNO3/c15-11-2-1-3-14(8-11)19-10-13(17)9-16-12-4-6-18-7-5-12/h1-3,8,12-13,16-17H,4-7,9-10H2. The van der Waals surface area contributed by atoms with Crippen molar-refractivity contribution in [3.05, 3.63) is 29.3 Å². The number of aliphatic hydroxyl groups is 1. The van der Waals surface area contributed by atoms with Crippen molar-refractivity contribution in [2.24, 2.45) is 0 Å². The first-order valence-electron chi connectivity index (χ1n) is 6.61. The van der Waals surface area contributed by atoms with Gasteiger partial charge in [-0.25, -0.2) is 0 Å². The second kappa shape index (κ2) is 7.70. The topological polar surface area (TPSA) is 50.7 Å². The van der Waals surface area contributed by atoms with E-state index in [0.29, 0.717) is 23.4 Å². The predicted octanol–water partition coefficient (Wildman–Crippen LogP) is 1.85. The summed E-state index contributed by atoms with van der Waals surface area (Å²) in [5.74, 6) is 0.678. The van der Waals surface area contributed by atoms with Crippen molar-refractivity contribution in [2.45, 2.75) is 25.0 Å². The molecule has 1 aromatic carbocycles. The average Bonchev–Trinajstić information content (AvgIpc) is 2.44. The first kappa shape index (κ1) is 14.6. The van der Waals surface area contributed by atoms with E-state index in [4.69, 9.17) is 21.1 Å². The molecule has 1 aromatic rings. The Kier molecular flexibility index (Phi) is 5.92. The van der Waals surface area contributed by atoms with Crippen LogP contribution in [0.2, 0.25) is 5.02 Å². The quantitative estimate of drug-likeness (QED) is 0.837. The maximum Gasteiger partial charge on any atom is 0.120 e. The second-order valence-corrected chi connectivity index (χ2v) is 5.15. The van der Waals surface area contributed by atoms with Gasteiger partial charge in [0.05, 0.1) is 0 Å². The van der Waals surface area contributed by atoms with E-state index < -0.39 is 6.10 Å². The molecule has 1 fully saturated rings. The lowest BCUT2D eigenvalue weighted by molar-refractivity contribution is 0.0655. The van der Waals surface area contributed by atoms with E-state index in [0.717, 1.165) is 26.1 Å². The molecule has 2 rings (SSSR count). The van der Waals surface area contributed by atoms with Crippen LogP contribution in [-0.2, 0) is 4.74 Å². The molecule has 0 saturated carbocycles. The summed E-state index contributed by atoms with van der Waals surface area (Å²) in [6.45, 7) is 2.39. The molecule has 0 radical (unpaired) electrons. The molecular formula is C14H20ClNO3. The second-order valence-electron chi connectivity index (χ2n) is 4.72. The van der Waals surface area contributed by atoms with E-state index >= 15 is 0 Å². The molecular weight excluding hydrogens is 266 g/mol. The third-order valence-electron chi connectivity index (χ3n) is 3.10. The van der Waals surface area contributed by atoms with E-state index in [9.17, 15) is 5.11 Å². The summed E-state index contributed by atoms with van der Waals surface area (Å²) in [6, 6.07) is 7.61. The van der Waals surface area contributed by atoms with Crippen molar-refractivity contribution in [3.8, 4) is 5.75 Å². The molecule has 1 unspecified atom stereocenters. The van der Waals surface area contributed by atoms with E-state index in [1.165, 1.54) is 0 Å². The van der Waals surface area contributed by atoms with Gasteiger partial charge >= 0.3 is 0 Å². The van der Waals surface area contributed by atoms with Crippen LogP contribution in [0.25, 0.3) is 0 Å². The van der Waals surface area contributed by atoms with Crippen molar-refractivity contribution in [3.63, 3.8) is 0 Å². The number of hydrogen-bond acceptors (Lipinski definition) is 4. The fraction of sp³-hybridized carbons (Fsp3) is 0.571. The van der Waals surface area contributed by atoms with Gasteiger partial charge < -0.3 is 19.9 Å². The Labute approximate surface area is 118 Å². The summed E-state index contributed by atoms with van der Waals surface area (Å²) >= 11 is 5.86. The van der Waals surface area contributed by atoms with Crippen LogP contribution in [0.1, 0.15) is 12.8 Å². The lowest BCUT2D eigenvalue weighted by Gasteiger charge is -2.24. The molecule has 0 bridgehead atoms. The molecule has 0 aromatic heterocycles.